The quantitative estimate of drug-likeness (QED) is 0.729. The van der Waals surface area contributed by atoms with Crippen LogP contribution in [0.2, 0.25) is 0 Å². The molecule has 2 rings (SSSR count). The predicted octanol–water partition coefficient (Wildman–Crippen LogP) is 1.93. The van der Waals surface area contributed by atoms with E-state index >= 15 is 0 Å². The molecule has 1 unspecified atom stereocenters. The average Bonchev–Trinajstić information content (AvgIpc) is 2.45. The first-order valence-corrected chi connectivity index (χ1v) is 4.82. The van der Waals surface area contributed by atoms with Gasteiger partial charge in [-0.15, -0.1) is 11.3 Å². The minimum atomic E-state index is -0.515. The SMILES string of the molecule is CC(O)c1sc2ncccc2c1N. The molecule has 0 aliphatic heterocycles. The monoisotopic (exact) mass is 194 g/mol. The summed E-state index contributed by atoms with van der Waals surface area (Å²) in [6.45, 7) is 1.71. The zero-order valence-electron chi connectivity index (χ0n) is 7.19. The van der Waals surface area contributed by atoms with E-state index < -0.39 is 6.10 Å². The van der Waals surface area contributed by atoms with Crippen molar-refractivity contribution < 1.29 is 5.11 Å². The summed E-state index contributed by atoms with van der Waals surface area (Å²) in [5.41, 5.74) is 6.51. The van der Waals surface area contributed by atoms with Crippen LogP contribution in [-0.2, 0) is 0 Å². The summed E-state index contributed by atoms with van der Waals surface area (Å²) in [4.78, 5) is 5.86. The molecule has 0 aromatic carbocycles. The van der Waals surface area contributed by atoms with Gasteiger partial charge in [-0.05, 0) is 19.1 Å². The van der Waals surface area contributed by atoms with Crippen molar-refractivity contribution in [2.24, 2.45) is 0 Å². The molecule has 0 fully saturated rings. The number of hydrogen-bond donors (Lipinski definition) is 2. The fraction of sp³-hybridized carbons (Fsp3) is 0.222. The second kappa shape index (κ2) is 2.97. The van der Waals surface area contributed by atoms with Gasteiger partial charge in [0.05, 0.1) is 16.7 Å². The van der Waals surface area contributed by atoms with Crippen molar-refractivity contribution in [3.8, 4) is 0 Å². The number of thiophene rings is 1. The number of hydrogen-bond acceptors (Lipinski definition) is 4. The number of anilines is 1. The fourth-order valence-corrected chi connectivity index (χ4v) is 2.28. The number of aromatic nitrogens is 1. The number of fused-ring (bicyclic) bond motifs is 1. The van der Waals surface area contributed by atoms with E-state index in [-0.39, 0.29) is 0 Å². The van der Waals surface area contributed by atoms with Crippen LogP contribution in [0.1, 0.15) is 17.9 Å². The average molecular weight is 194 g/mol. The van der Waals surface area contributed by atoms with E-state index in [1.54, 1.807) is 13.1 Å². The standard InChI is InChI=1S/C9H10N2OS/c1-5(12)8-7(10)6-3-2-4-11-9(6)13-8/h2-5,12H,10H2,1H3. The van der Waals surface area contributed by atoms with Crippen molar-refractivity contribution in [3.05, 3.63) is 23.2 Å². The van der Waals surface area contributed by atoms with Gasteiger partial charge in [0, 0.05) is 11.6 Å². The lowest BCUT2D eigenvalue weighted by Crippen LogP contribution is -1.92. The summed E-state index contributed by atoms with van der Waals surface area (Å²) in [6.07, 6.45) is 1.21. The van der Waals surface area contributed by atoms with E-state index in [9.17, 15) is 5.11 Å². The molecule has 0 amide bonds. The molecule has 2 heterocycles. The van der Waals surface area contributed by atoms with Gasteiger partial charge in [-0.3, -0.25) is 0 Å². The van der Waals surface area contributed by atoms with Gasteiger partial charge in [-0.2, -0.15) is 0 Å². The Labute approximate surface area is 79.8 Å². The molecule has 1 atom stereocenters. The number of nitrogens with two attached hydrogens (primary N) is 1. The van der Waals surface area contributed by atoms with Gasteiger partial charge in [-0.25, -0.2) is 4.98 Å². The highest BCUT2D eigenvalue weighted by atomic mass is 32.1. The van der Waals surface area contributed by atoms with Crippen LogP contribution in [0.4, 0.5) is 5.69 Å². The van der Waals surface area contributed by atoms with Crippen LogP contribution in [0.5, 0.6) is 0 Å². The number of rotatable bonds is 1. The molecule has 2 aromatic heterocycles. The van der Waals surface area contributed by atoms with Gasteiger partial charge in [0.15, 0.2) is 0 Å². The van der Waals surface area contributed by atoms with Gasteiger partial charge >= 0.3 is 0 Å². The first-order valence-electron chi connectivity index (χ1n) is 4.01. The molecule has 0 saturated carbocycles. The summed E-state index contributed by atoms with van der Waals surface area (Å²) < 4.78 is 0. The van der Waals surface area contributed by atoms with Gasteiger partial charge in [0.25, 0.3) is 0 Å². The molecule has 0 aliphatic rings. The molecule has 4 heteroatoms. The molecule has 3 nitrogen and oxygen atoms in total. The summed E-state index contributed by atoms with van der Waals surface area (Å²) >= 11 is 1.45. The van der Waals surface area contributed by atoms with Crippen molar-refractivity contribution in [2.75, 3.05) is 5.73 Å². The summed E-state index contributed by atoms with van der Waals surface area (Å²) in [7, 11) is 0. The van der Waals surface area contributed by atoms with Crippen LogP contribution < -0.4 is 5.73 Å². The predicted molar refractivity (Wildman–Crippen MR) is 54.7 cm³/mol. The summed E-state index contributed by atoms with van der Waals surface area (Å²) in [5, 5.41) is 10.3. The molecule has 3 N–H and O–H groups in total. The zero-order chi connectivity index (χ0) is 9.42. The third-order valence-corrected chi connectivity index (χ3v) is 3.21. The van der Waals surface area contributed by atoms with Crippen LogP contribution >= 0.6 is 11.3 Å². The molecule has 2 aromatic rings. The Bertz CT molecular complexity index is 436. The number of nitrogens with zero attached hydrogens (tertiary/aromatic N) is 1. The van der Waals surface area contributed by atoms with E-state index in [1.165, 1.54) is 11.3 Å². The van der Waals surface area contributed by atoms with Gasteiger partial charge in [-0.1, -0.05) is 0 Å². The molecule has 0 bridgehead atoms. The Kier molecular flexibility index (Phi) is 1.94. The third-order valence-electron chi connectivity index (χ3n) is 1.91. The van der Waals surface area contributed by atoms with E-state index in [2.05, 4.69) is 4.98 Å². The second-order valence-corrected chi connectivity index (χ2v) is 3.94. The van der Waals surface area contributed by atoms with Gasteiger partial charge < -0.3 is 10.8 Å². The Morgan fingerprint density at radius 2 is 2.38 bits per heavy atom. The molecular weight excluding hydrogens is 184 g/mol. The first kappa shape index (κ1) is 8.47. The molecule has 68 valence electrons. The van der Waals surface area contributed by atoms with Crippen LogP contribution in [0, 0.1) is 0 Å². The van der Waals surface area contributed by atoms with Crippen LogP contribution in [0.25, 0.3) is 10.2 Å². The molecule has 0 radical (unpaired) electrons. The normalized spacial score (nSPS) is 13.4. The number of nitrogen functional groups attached to an aromatic ring is 1. The summed E-state index contributed by atoms with van der Waals surface area (Å²) in [5.74, 6) is 0. The van der Waals surface area contributed by atoms with Gasteiger partial charge in [0.2, 0.25) is 0 Å². The van der Waals surface area contributed by atoms with Crippen LogP contribution in [0.15, 0.2) is 18.3 Å². The lowest BCUT2D eigenvalue weighted by atomic mass is 10.2. The van der Waals surface area contributed by atoms with E-state index in [0.29, 0.717) is 5.69 Å². The Morgan fingerprint density at radius 1 is 1.62 bits per heavy atom. The Balaban J connectivity index is 2.74. The Hall–Kier alpha value is -1.13. The lowest BCUT2D eigenvalue weighted by molar-refractivity contribution is 0.204. The van der Waals surface area contributed by atoms with Crippen molar-refractivity contribution in [2.45, 2.75) is 13.0 Å². The van der Waals surface area contributed by atoms with Crippen molar-refractivity contribution in [3.63, 3.8) is 0 Å². The molecular formula is C9H10N2OS. The lowest BCUT2D eigenvalue weighted by Gasteiger charge is -2.00. The van der Waals surface area contributed by atoms with Crippen molar-refractivity contribution >= 4 is 27.2 Å². The van der Waals surface area contributed by atoms with Crippen molar-refractivity contribution in [1.29, 1.82) is 0 Å². The van der Waals surface area contributed by atoms with Gasteiger partial charge in [0.1, 0.15) is 4.83 Å². The maximum Gasteiger partial charge on any atom is 0.125 e. The highest BCUT2D eigenvalue weighted by Gasteiger charge is 2.12. The number of pyridine rings is 1. The zero-order valence-corrected chi connectivity index (χ0v) is 8.01. The first-order chi connectivity index (χ1) is 6.20. The third kappa shape index (κ3) is 1.28. The molecule has 0 aliphatic carbocycles. The maximum absolute atomic E-state index is 9.41. The van der Waals surface area contributed by atoms with E-state index in [0.717, 1.165) is 15.1 Å². The molecule has 13 heavy (non-hydrogen) atoms. The smallest absolute Gasteiger partial charge is 0.125 e. The minimum Gasteiger partial charge on any atom is -0.397 e. The van der Waals surface area contributed by atoms with Crippen molar-refractivity contribution in [1.82, 2.24) is 4.98 Å². The number of aliphatic hydroxyl groups excluding tert-OH is 1. The van der Waals surface area contributed by atoms with E-state index in [1.807, 2.05) is 12.1 Å². The highest BCUT2D eigenvalue weighted by molar-refractivity contribution is 7.19. The topological polar surface area (TPSA) is 59.1 Å². The Morgan fingerprint density at radius 3 is 3.00 bits per heavy atom. The minimum absolute atomic E-state index is 0.515. The van der Waals surface area contributed by atoms with E-state index in [4.69, 9.17) is 5.73 Å². The second-order valence-electron chi connectivity index (χ2n) is 2.91. The fourth-order valence-electron chi connectivity index (χ4n) is 1.28. The largest absolute Gasteiger partial charge is 0.397 e. The van der Waals surface area contributed by atoms with Crippen LogP contribution in [0.3, 0.4) is 0 Å². The number of aliphatic hydroxyl groups is 1. The molecule has 0 spiro atoms. The van der Waals surface area contributed by atoms with Crippen LogP contribution in [-0.4, -0.2) is 10.1 Å². The summed E-state index contributed by atoms with van der Waals surface area (Å²) in [6, 6.07) is 3.76. The molecule has 0 saturated heterocycles. The highest BCUT2D eigenvalue weighted by Crippen LogP contribution is 2.35. The maximum atomic E-state index is 9.41.